The van der Waals surface area contributed by atoms with Crippen molar-refractivity contribution in [2.75, 3.05) is 27.7 Å². The summed E-state index contributed by atoms with van der Waals surface area (Å²) in [5.41, 5.74) is 1.81. The van der Waals surface area contributed by atoms with E-state index < -0.39 is 32.0 Å². The molecule has 3 rings (SSSR count). The molecule has 13 heteroatoms. The molecule has 0 radical (unpaired) electrons. The van der Waals surface area contributed by atoms with E-state index in [0.29, 0.717) is 22.8 Å². The van der Waals surface area contributed by atoms with Crippen LogP contribution in [0.5, 0.6) is 5.75 Å². The number of nitrogens with zero attached hydrogens (tertiary/aromatic N) is 3. The first-order valence-electron chi connectivity index (χ1n) is 10.7. The second-order valence-electron chi connectivity index (χ2n) is 8.03. The third-order valence-electron chi connectivity index (χ3n) is 5.06. The Balaban J connectivity index is 1.76. The lowest BCUT2D eigenvalue weighted by atomic mass is 10.2. The first-order chi connectivity index (χ1) is 16.8. The van der Waals surface area contributed by atoms with Crippen LogP contribution in [-0.4, -0.2) is 52.1 Å². The number of ether oxygens (including phenoxy) is 1. The number of carbonyl (C=O) groups excluding carboxylic acids is 1. The number of benzene rings is 2. The predicted molar refractivity (Wildman–Crippen MR) is 137 cm³/mol. The predicted octanol–water partition coefficient (Wildman–Crippen LogP) is 2.70. The van der Waals surface area contributed by atoms with Crippen LogP contribution in [0.25, 0.3) is 0 Å². The first-order valence-corrected chi connectivity index (χ1v) is 14.0. The van der Waals surface area contributed by atoms with E-state index in [1.54, 1.807) is 32.0 Å². The van der Waals surface area contributed by atoms with Crippen molar-refractivity contribution in [3.8, 4) is 5.75 Å². The van der Waals surface area contributed by atoms with Gasteiger partial charge < -0.3 is 10.1 Å². The van der Waals surface area contributed by atoms with Crippen molar-refractivity contribution in [3.05, 3.63) is 66.0 Å². The van der Waals surface area contributed by atoms with Crippen molar-refractivity contribution in [1.29, 1.82) is 0 Å². The topological polar surface area (TPSA) is 148 Å². The molecular formula is C23H27N5O6S2. The number of carbonyl (C=O) groups is 1. The summed E-state index contributed by atoms with van der Waals surface area (Å²) in [6.07, 6.45) is 1.01. The molecule has 0 saturated heterocycles. The molecule has 0 aliphatic rings. The van der Waals surface area contributed by atoms with Gasteiger partial charge in [-0.15, -0.1) is 0 Å². The lowest BCUT2D eigenvalue weighted by Gasteiger charge is -2.28. The van der Waals surface area contributed by atoms with Gasteiger partial charge in [-0.25, -0.2) is 31.5 Å². The van der Waals surface area contributed by atoms with Crippen molar-refractivity contribution in [2.24, 2.45) is 0 Å². The number of nitrogens with one attached hydrogen (secondary N) is 2. The number of hydrogen-bond acceptors (Lipinski definition) is 8. The van der Waals surface area contributed by atoms with E-state index in [1.807, 2.05) is 0 Å². The van der Waals surface area contributed by atoms with Crippen molar-refractivity contribution in [1.82, 2.24) is 9.97 Å². The van der Waals surface area contributed by atoms with Crippen molar-refractivity contribution < 1.29 is 26.4 Å². The van der Waals surface area contributed by atoms with Crippen LogP contribution >= 0.6 is 0 Å². The van der Waals surface area contributed by atoms with Crippen LogP contribution in [0, 0.1) is 13.8 Å². The highest BCUT2D eigenvalue weighted by Gasteiger charge is 2.29. The molecule has 36 heavy (non-hydrogen) atoms. The maximum atomic E-state index is 12.9. The number of aromatic nitrogens is 2. The van der Waals surface area contributed by atoms with Gasteiger partial charge in [0.2, 0.25) is 21.9 Å². The number of methoxy groups -OCH3 is 1. The van der Waals surface area contributed by atoms with Gasteiger partial charge >= 0.3 is 0 Å². The van der Waals surface area contributed by atoms with E-state index in [2.05, 4.69) is 20.0 Å². The zero-order valence-corrected chi connectivity index (χ0v) is 22.0. The molecule has 0 spiro atoms. The van der Waals surface area contributed by atoms with Crippen molar-refractivity contribution >= 4 is 43.3 Å². The summed E-state index contributed by atoms with van der Waals surface area (Å²) < 4.78 is 58.8. The summed E-state index contributed by atoms with van der Waals surface area (Å²) in [6, 6.07) is 12.3. The normalized spacial score (nSPS) is 12.5. The molecular weight excluding hydrogens is 506 g/mol. The van der Waals surface area contributed by atoms with Crippen LogP contribution in [0.3, 0.4) is 0 Å². The van der Waals surface area contributed by atoms with Crippen LogP contribution in [0.4, 0.5) is 17.3 Å². The second-order valence-corrected chi connectivity index (χ2v) is 11.6. The Morgan fingerprint density at radius 2 is 1.50 bits per heavy atom. The van der Waals surface area contributed by atoms with Crippen LogP contribution in [0.1, 0.15) is 18.3 Å². The van der Waals surface area contributed by atoms with Gasteiger partial charge in [0.1, 0.15) is 11.8 Å². The second kappa shape index (κ2) is 10.5. The van der Waals surface area contributed by atoms with E-state index in [1.165, 1.54) is 50.4 Å². The number of hydrogen-bond donors (Lipinski definition) is 2. The molecule has 0 bridgehead atoms. The van der Waals surface area contributed by atoms with Gasteiger partial charge in [-0.1, -0.05) is 0 Å². The summed E-state index contributed by atoms with van der Waals surface area (Å²) in [6.45, 7) is 4.90. The molecule has 192 valence electrons. The van der Waals surface area contributed by atoms with E-state index in [9.17, 15) is 21.6 Å². The maximum Gasteiger partial charge on any atom is 0.264 e. The summed E-state index contributed by atoms with van der Waals surface area (Å²) in [4.78, 5) is 21.0. The summed E-state index contributed by atoms with van der Waals surface area (Å²) in [5.74, 6) is -0.107. The molecule has 1 heterocycles. The molecule has 0 aliphatic heterocycles. The number of rotatable bonds is 9. The van der Waals surface area contributed by atoms with Crippen LogP contribution in [0.2, 0.25) is 0 Å². The van der Waals surface area contributed by atoms with Crippen molar-refractivity contribution in [3.63, 3.8) is 0 Å². The summed E-state index contributed by atoms with van der Waals surface area (Å²) in [5, 5.41) is 2.62. The largest absolute Gasteiger partial charge is 0.497 e. The van der Waals surface area contributed by atoms with Gasteiger partial charge in [0.25, 0.3) is 10.0 Å². The van der Waals surface area contributed by atoms with Crippen LogP contribution in [-0.2, 0) is 24.8 Å². The Labute approximate surface area is 210 Å². The zero-order chi connectivity index (χ0) is 26.7. The molecule has 11 nitrogen and oxygen atoms in total. The Hall–Kier alpha value is -3.71. The van der Waals surface area contributed by atoms with Gasteiger partial charge in [0.05, 0.1) is 23.9 Å². The van der Waals surface area contributed by atoms with Gasteiger partial charge in [0, 0.05) is 17.1 Å². The Bertz CT molecular complexity index is 1440. The lowest BCUT2D eigenvalue weighted by molar-refractivity contribution is -0.116. The van der Waals surface area contributed by atoms with Gasteiger partial charge in [0.15, 0.2) is 0 Å². The number of anilines is 3. The SMILES string of the molecule is COc1ccc(N(C(C)C(=O)Nc2ccc(S(=O)(=O)Nc3nc(C)cc(C)n3)cc2)S(C)(=O)=O)cc1. The van der Waals surface area contributed by atoms with E-state index >= 15 is 0 Å². The quantitative estimate of drug-likeness (QED) is 0.427. The summed E-state index contributed by atoms with van der Waals surface area (Å²) in [7, 11) is -6.28. The third-order valence-corrected chi connectivity index (χ3v) is 7.64. The Morgan fingerprint density at radius 1 is 0.944 bits per heavy atom. The van der Waals surface area contributed by atoms with Gasteiger partial charge in [-0.3, -0.25) is 9.10 Å². The fraction of sp³-hybridized carbons (Fsp3) is 0.261. The lowest BCUT2D eigenvalue weighted by Crippen LogP contribution is -2.45. The van der Waals surface area contributed by atoms with E-state index in [4.69, 9.17) is 4.74 Å². The minimum absolute atomic E-state index is 0.0434. The minimum Gasteiger partial charge on any atom is -0.497 e. The minimum atomic E-state index is -3.97. The highest BCUT2D eigenvalue weighted by molar-refractivity contribution is 7.92. The van der Waals surface area contributed by atoms with Crippen LogP contribution < -0.4 is 19.1 Å². The fourth-order valence-corrected chi connectivity index (χ4v) is 5.57. The monoisotopic (exact) mass is 533 g/mol. The smallest absolute Gasteiger partial charge is 0.264 e. The molecule has 1 atom stereocenters. The molecule has 0 fully saturated rings. The molecule has 2 aromatic carbocycles. The Morgan fingerprint density at radius 3 is 2.00 bits per heavy atom. The highest BCUT2D eigenvalue weighted by atomic mass is 32.2. The number of sulfonamides is 2. The summed E-state index contributed by atoms with van der Waals surface area (Å²) >= 11 is 0. The third kappa shape index (κ3) is 6.49. The molecule has 1 aromatic heterocycles. The maximum absolute atomic E-state index is 12.9. The molecule has 0 aliphatic carbocycles. The fourth-order valence-electron chi connectivity index (χ4n) is 3.45. The molecule has 1 unspecified atom stereocenters. The average molecular weight is 534 g/mol. The zero-order valence-electron chi connectivity index (χ0n) is 20.4. The van der Waals surface area contributed by atoms with Crippen molar-refractivity contribution in [2.45, 2.75) is 31.7 Å². The molecule has 0 saturated carbocycles. The molecule has 1 amide bonds. The number of amides is 1. The molecule has 3 aromatic rings. The Kier molecular flexibility index (Phi) is 7.84. The van der Waals surface area contributed by atoms with Crippen LogP contribution in [0.15, 0.2) is 59.5 Å². The van der Waals surface area contributed by atoms with E-state index in [-0.39, 0.29) is 16.5 Å². The van der Waals surface area contributed by atoms with Gasteiger partial charge in [-0.05, 0) is 75.4 Å². The number of aryl methyl sites for hydroxylation is 2. The highest BCUT2D eigenvalue weighted by Crippen LogP contribution is 2.25. The van der Waals surface area contributed by atoms with Gasteiger partial charge in [-0.2, -0.15) is 0 Å². The first kappa shape index (κ1) is 26.9. The average Bonchev–Trinajstić information content (AvgIpc) is 2.78. The van der Waals surface area contributed by atoms with E-state index in [0.717, 1.165) is 10.6 Å². The standard InChI is InChI=1S/C23H27N5O6S2/c1-15-14-16(2)25-23(24-15)27-36(32,33)21-12-6-18(7-13-21)26-22(29)17(3)28(35(5,30)31)19-8-10-20(34-4)11-9-19/h6-14,17H,1-5H3,(H,26,29)(H,24,25,27). The molecule has 2 N–H and O–H groups in total.